The molecule has 23 heavy (non-hydrogen) atoms. The van der Waals surface area contributed by atoms with Crippen molar-refractivity contribution in [3.05, 3.63) is 18.2 Å². The van der Waals surface area contributed by atoms with Crippen molar-refractivity contribution in [3.63, 3.8) is 0 Å². The number of methoxy groups -OCH3 is 1. The van der Waals surface area contributed by atoms with E-state index in [-0.39, 0.29) is 0 Å². The average molecular weight is 320 g/mol. The van der Waals surface area contributed by atoms with Crippen molar-refractivity contribution in [2.45, 2.75) is 46.1 Å². The summed E-state index contributed by atoms with van der Waals surface area (Å²) in [5, 5.41) is 10.2. The highest BCUT2D eigenvalue weighted by Crippen LogP contribution is 2.47. The molecule has 0 spiro atoms. The predicted octanol–water partition coefficient (Wildman–Crippen LogP) is 3.38. The number of carboxylic acid groups (broad SMARTS) is 1. The summed E-state index contributed by atoms with van der Waals surface area (Å²) >= 11 is 0. The quantitative estimate of drug-likeness (QED) is 0.835. The van der Waals surface area contributed by atoms with Gasteiger partial charge in [0.2, 0.25) is 0 Å². The van der Waals surface area contributed by atoms with Gasteiger partial charge in [-0.1, -0.05) is 27.7 Å². The van der Waals surface area contributed by atoms with Crippen LogP contribution in [-0.2, 0) is 4.79 Å². The first-order valence-electron chi connectivity index (χ1n) is 8.08. The van der Waals surface area contributed by atoms with Crippen LogP contribution in [0.1, 0.15) is 40.5 Å². The first kappa shape index (κ1) is 17.4. The molecular formula is C18H28N2O3. The number of piperidine rings is 1. The fourth-order valence-corrected chi connectivity index (χ4v) is 3.71. The third-order valence-electron chi connectivity index (χ3n) is 5.07. The van der Waals surface area contributed by atoms with Gasteiger partial charge < -0.3 is 20.5 Å². The monoisotopic (exact) mass is 320 g/mol. The summed E-state index contributed by atoms with van der Waals surface area (Å²) in [6, 6.07) is 5.51. The fourth-order valence-electron chi connectivity index (χ4n) is 3.71. The number of hydrogen-bond donors (Lipinski definition) is 2. The molecule has 0 aromatic heterocycles. The predicted molar refractivity (Wildman–Crippen MR) is 93.0 cm³/mol. The van der Waals surface area contributed by atoms with Crippen LogP contribution < -0.4 is 15.4 Å². The van der Waals surface area contributed by atoms with Crippen molar-refractivity contribution in [2.75, 3.05) is 24.3 Å². The summed E-state index contributed by atoms with van der Waals surface area (Å²) < 4.78 is 5.31. The van der Waals surface area contributed by atoms with Gasteiger partial charge in [0.1, 0.15) is 11.3 Å². The molecule has 2 unspecified atom stereocenters. The third kappa shape index (κ3) is 2.84. The standard InChI is InChI=1S/C18H28N2O3/c1-12-8-9-20(13-6-7-14(19)15(10-13)23-5)18(11-12,16(21)22)17(2,3)4/h6-7,10,12H,8-9,11,19H2,1-5H3,(H,21,22). The Morgan fingerprint density at radius 3 is 2.61 bits per heavy atom. The van der Waals surface area contributed by atoms with Gasteiger partial charge in [0.25, 0.3) is 0 Å². The molecule has 0 aliphatic carbocycles. The molecule has 1 aliphatic rings. The average Bonchev–Trinajstić information content (AvgIpc) is 2.46. The van der Waals surface area contributed by atoms with Gasteiger partial charge in [-0.2, -0.15) is 0 Å². The molecule has 1 fully saturated rings. The van der Waals surface area contributed by atoms with Crippen molar-refractivity contribution < 1.29 is 14.6 Å². The Hall–Kier alpha value is -1.91. The molecule has 1 heterocycles. The van der Waals surface area contributed by atoms with Gasteiger partial charge in [0.15, 0.2) is 0 Å². The minimum atomic E-state index is -0.953. The topological polar surface area (TPSA) is 75.8 Å². The SMILES string of the molecule is COc1cc(N2CCC(C)CC2(C(=O)O)C(C)(C)C)ccc1N. The number of carbonyl (C=O) groups is 1. The molecule has 0 saturated carbocycles. The van der Waals surface area contributed by atoms with Crippen LogP contribution in [0.5, 0.6) is 5.75 Å². The van der Waals surface area contributed by atoms with Crippen LogP contribution in [0.4, 0.5) is 11.4 Å². The van der Waals surface area contributed by atoms with E-state index in [1.807, 2.05) is 37.8 Å². The normalized spacial score (nSPS) is 25.3. The minimum Gasteiger partial charge on any atom is -0.495 e. The lowest BCUT2D eigenvalue weighted by Crippen LogP contribution is -2.66. The number of nitrogen functional groups attached to an aromatic ring is 1. The summed E-state index contributed by atoms with van der Waals surface area (Å²) in [6.45, 7) is 8.84. The van der Waals surface area contributed by atoms with E-state index in [0.717, 1.165) is 12.1 Å². The van der Waals surface area contributed by atoms with Crippen molar-refractivity contribution in [1.29, 1.82) is 0 Å². The summed E-state index contributed by atoms with van der Waals surface area (Å²) in [7, 11) is 1.57. The summed E-state index contributed by atoms with van der Waals surface area (Å²) in [4.78, 5) is 14.4. The van der Waals surface area contributed by atoms with Gasteiger partial charge in [-0.25, -0.2) is 4.79 Å². The number of nitrogens with two attached hydrogens (primary N) is 1. The molecule has 0 radical (unpaired) electrons. The maximum Gasteiger partial charge on any atom is 0.330 e. The van der Waals surface area contributed by atoms with Crippen molar-refractivity contribution in [1.82, 2.24) is 0 Å². The lowest BCUT2D eigenvalue weighted by atomic mass is 9.65. The van der Waals surface area contributed by atoms with Crippen LogP contribution in [0.3, 0.4) is 0 Å². The van der Waals surface area contributed by atoms with E-state index < -0.39 is 16.9 Å². The molecule has 1 aromatic carbocycles. The number of benzene rings is 1. The zero-order valence-corrected chi connectivity index (χ0v) is 14.7. The van der Waals surface area contributed by atoms with Crippen LogP contribution in [0.2, 0.25) is 0 Å². The first-order chi connectivity index (χ1) is 10.6. The maximum atomic E-state index is 12.4. The van der Waals surface area contributed by atoms with Crippen molar-refractivity contribution in [3.8, 4) is 5.75 Å². The third-order valence-corrected chi connectivity index (χ3v) is 5.07. The number of ether oxygens (including phenoxy) is 1. The molecule has 2 rings (SSSR count). The molecule has 0 bridgehead atoms. The largest absolute Gasteiger partial charge is 0.495 e. The minimum absolute atomic E-state index is 0.372. The lowest BCUT2D eigenvalue weighted by molar-refractivity contribution is -0.150. The van der Waals surface area contributed by atoms with E-state index >= 15 is 0 Å². The molecule has 5 nitrogen and oxygen atoms in total. The van der Waals surface area contributed by atoms with Crippen LogP contribution in [0.15, 0.2) is 18.2 Å². The molecule has 1 aliphatic heterocycles. The molecule has 5 heteroatoms. The summed E-state index contributed by atoms with van der Waals surface area (Å²) in [5.41, 5.74) is 5.94. The van der Waals surface area contributed by atoms with E-state index in [2.05, 4.69) is 6.92 Å². The number of hydrogen-bond acceptors (Lipinski definition) is 4. The zero-order chi connectivity index (χ0) is 17.4. The van der Waals surface area contributed by atoms with E-state index in [9.17, 15) is 9.90 Å². The molecule has 128 valence electrons. The second-order valence-corrected chi connectivity index (χ2v) is 7.59. The van der Waals surface area contributed by atoms with Gasteiger partial charge in [-0.3, -0.25) is 0 Å². The van der Waals surface area contributed by atoms with Crippen LogP contribution in [0.25, 0.3) is 0 Å². The number of carboxylic acids is 1. The molecule has 3 N–H and O–H groups in total. The fraction of sp³-hybridized carbons (Fsp3) is 0.611. The van der Waals surface area contributed by atoms with E-state index in [0.29, 0.717) is 30.3 Å². The highest BCUT2D eigenvalue weighted by molar-refractivity contribution is 5.85. The number of rotatable bonds is 3. The van der Waals surface area contributed by atoms with Gasteiger partial charge >= 0.3 is 5.97 Å². The second kappa shape index (κ2) is 5.95. The molecule has 2 atom stereocenters. The molecule has 1 saturated heterocycles. The Kier molecular flexibility index (Phi) is 4.51. The number of aliphatic carboxylic acids is 1. The Morgan fingerprint density at radius 1 is 1.43 bits per heavy atom. The second-order valence-electron chi connectivity index (χ2n) is 7.59. The zero-order valence-electron chi connectivity index (χ0n) is 14.7. The smallest absolute Gasteiger partial charge is 0.330 e. The summed E-state index contributed by atoms with van der Waals surface area (Å²) in [5.74, 6) is 0.180. The van der Waals surface area contributed by atoms with Crippen molar-refractivity contribution in [2.24, 2.45) is 11.3 Å². The van der Waals surface area contributed by atoms with Crippen molar-refractivity contribution >= 4 is 17.3 Å². The molecule has 0 amide bonds. The first-order valence-corrected chi connectivity index (χ1v) is 8.08. The Bertz CT molecular complexity index is 594. The van der Waals surface area contributed by atoms with Crippen LogP contribution >= 0.6 is 0 Å². The van der Waals surface area contributed by atoms with E-state index in [4.69, 9.17) is 10.5 Å². The Balaban J connectivity index is 2.59. The highest BCUT2D eigenvalue weighted by atomic mass is 16.5. The number of nitrogens with zero attached hydrogens (tertiary/aromatic N) is 1. The number of anilines is 2. The Morgan fingerprint density at radius 2 is 2.09 bits per heavy atom. The highest BCUT2D eigenvalue weighted by Gasteiger charge is 2.55. The summed E-state index contributed by atoms with van der Waals surface area (Å²) in [6.07, 6.45) is 1.59. The lowest BCUT2D eigenvalue weighted by Gasteiger charge is -2.54. The van der Waals surface area contributed by atoms with Crippen LogP contribution in [-0.4, -0.2) is 30.3 Å². The Labute approximate surface area is 138 Å². The van der Waals surface area contributed by atoms with Gasteiger partial charge in [-0.05, 0) is 36.3 Å². The van der Waals surface area contributed by atoms with Gasteiger partial charge in [-0.15, -0.1) is 0 Å². The molecule has 1 aromatic rings. The van der Waals surface area contributed by atoms with Gasteiger partial charge in [0, 0.05) is 18.3 Å². The van der Waals surface area contributed by atoms with Gasteiger partial charge in [0.05, 0.1) is 12.8 Å². The molecular weight excluding hydrogens is 292 g/mol. The van der Waals surface area contributed by atoms with Crippen LogP contribution in [0, 0.1) is 11.3 Å². The van der Waals surface area contributed by atoms with E-state index in [1.54, 1.807) is 13.2 Å². The van der Waals surface area contributed by atoms with E-state index in [1.165, 1.54) is 0 Å². The maximum absolute atomic E-state index is 12.4.